The van der Waals surface area contributed by atoms with Gasteiger partial charge in [0, 0.05) is 13.5 Å². The lowest BCUT2D eigenvalue weighted by atomic mass is 10.1. The quantitative estimate of drug-likeness (QED) is 0.563. The van der Waals surface area contributed by atoms with Crippen molar-refractivity contribution in [3.8, 4) is 0 Å². The molecule has 1 aliphatic rings. The van der Waals surface area contributed by atoms with Crippen molar-refractivity contribution in [1.29, 1.82) is 0 Å². The largest absolute Gasteiger partial charge is 0.455 e. The van der Waals surface area contributed by atoms with E-state index in [9.17, 15) is 9.59 Å². The summed E-state index contributed by atoms with van der Waals surface area (Å²) in [5.41, 5.74) is -0.0306. The van der Waals surface area contributed by atoms with Crippen LogP contribution in [-0.4, -0.2) is 39.7 Å². The van der Waals surface area contributed by atoms with E-state index in [4.69, 9.17) is 27.9 Å². The topological polar surface area (TPSA) is 59.5 Å². The molecule has 2 aromatic rings. The minimum Gasteiger partial charge on any atom is -0.455 e. The highest BCUT2D eigenvalue weighted by atomic mass is 35.5. The molecule has 1 saturated carbocycles. The molecule has 0 unspecified atom stereocenters. The van der Waals surface area contributed by atoms with Gasteiger partial charge in [0.15, 0.2) is 6.61 Å². The van der Waals surface area contributed by atoms with Crippen molar-refractivity contribution in [2.45, 2.75) is 30.6 Å². The average molecular weight is 401 g/mol. The number of thiazole rings is 1. The second kappa shape index (κ2) is 6.41. The van der Waals surface area contributed by atoms with Crippen molar-refractivity contribution >= 4 is 56.6 Å². The third-order valence-corrected chi connectivity index (χ3v) is 6.99. The minimum atomic E-state index is -1.10. The van der Waals surface area contributed by atoms with E-state index in [1.807, 2.05) is 31.2 Å². The Labute approximate surface area is 159 Å². The highest BCUT2D eigenvalue weighted by Gasteiger charge is 2.69. The number of fused-ring (bicyclic) bond motifs is 1. The number of ether oxygens (including phenoxy) is 1. The molecule has 1 aromatic carbocycles. The zero-order valence-electron chi connectivity index (χ0n) is 14.1. The Morgan fingerprint density at radius 2 is 2.04 bits per heavy atom. The summed E-state index contributed by atoms with van der Waals surface area (Å²) >= 11 is 13.4. The van der Waals surface area contributed by atoms with Crippen LogP contribution in [-0.2, 0) is 14.3 Å². The fraction of sp³-hybridized carbons (Fsp3) is 0.471. The number of hydrogen-bond donors (Lipinski definition) is 0. The van der Waals surface area contributed by atoms with Crippen LogP contribution in [0.4, 0.5) is 0 Å². The van der Waals surface area contributed by atoms with Gasteiger partial charge >= 0.3 is 5.97 Å². The Bertz CT molecular complexity index is 805. The van der Waals surface area contributed by atoms with Crippen molar-refractivity contribution < 1.29 is 14.3 Å². The monoisotopic (exact) mass is 400 g/mol. The molecule has 0 spiro atoms. The maximum Gasteiger partial charge on any atom is 0.315 e. The van der Waals surface area contributed by atoms with Gasteiger partial charge in [0.1, 0.15) is 14.8 Å². The summed E-state index contributed by atoms with van der Waals surface area (Å²) < 4.78 is 5.08. The Morgan fingerprint density at radius 1 is 1.40 bits per heavy atom. The molecule has 5 nitrogen and oxygen atoms in total. The summed E-state index contributed by atoms with van der Waals surface area (Å²) in [5, 5.41) is 0.832. The number of aromatic nitrogens is 1. The molecule has 1 aromatic heterocycles. The Morgan fingerprint density at radius 3 is 2.64 bits per heavy atom. The van der Waals surface area contributed by atoms with Gasteiger partial charge in [-0.05, 0) is 26.0 Å². The molecule has 0 radical (unpaired) electrons. The molecular weight excluding hydrogens is 383 g/mol. The first-order chi connectivity index (χ1) is 11.7. The second-order valence-electron chi connectivity index (χ2n) is 6.49. The van der Waals surface area contributed by atoms with Crippen LogP contribution < -0.4 is 0 Å². The van der Waals surface area contributed by atoms with Crippen LogP contribution in [0.15, 0.2) is 24.3 Å². The van der Waals surface area contributed by atoms with Gasteiger partial charge in [-0.25, -0.2) is 4.98 Å². The average Bonchev–Trinajstić information content (AvgIpc) is 2.94. The maximum absolute atomic E-state index is 12.3. The molecule has 8 heteroatoms. The van der Waals surface area contributed by atoms with Gasteiger partial charge in [-0.3, -0.25) is 9.59 Å². The number of esters is 1. The van der Waals surface area contributed by atoms with E-state index in [0.717, 1.165) is 15.2 Å². The van der Waals surface area contributed by atoms with E-state index >= 15 is 0 Å². The van der Waals surface area contributed by atoms with Gasteiger partial charge in [0.25, 0.3) is 5.91 Å². The summed E-state index contributed by atoms with van der Waals surface area (Å²) in [6, 6.07) is 7.59. The number of carbonyl (C=O) groups is 2. The number of hydrogen-bond acceptors (Lipinski definition) is 5. The minimum absolute atomic E-state index is 0.222. The fourth-order valence-electron chi connectivity index (χ4n) is 2.46. The molecule has 1 heterocycles. The van der Waals surface area contributed by atoms with Crippen LogP contribution in [0.3, 0.4) is 0 Å². The van der Waals surface area contributed by atoms with Crippen LogP contribution in [0.2, 0.25) is 0 Å². The van der Waals surface area contributed by atoms with Crippen LogP contribution in [0.5, 0.6) is 0 Å². The molecule has 134 valence electrons. The van der Waals surface area contributed by atoms with E-state index in [0.29, 0.717) is 6.42 Å². The number of para-hydroxylation sites is 1. The number of carbonyl (C=O) groups excluding carboxylic acids is 2. The molecule has 1 amide bonds. The number of likely N-dealkylation sites (N-methyl/N-ethyl adjacent to an activating group) is 1. The van der Waals surface area contributed by atoms with Crippen molar-refractivity contribution in [2.24, 2.45) is 5.41 Å². The predicted molar refractivity (Wildman–Crippen MR) is 98.9 cm³/mol. The zero-order chi connectivity index (χ0) is 18.4. The zero-order valence-corrected chi connectivity index (χ0v) is 16.4. The van der Waals surface area contributed by atoms with Crippen molar-refractivity contribution in [3.63, 3.8) is 0 Å². The third-order valence-electron chi connectivity index (χ3n) is 4.68. The number of alkyl halides is 2. The first kappa shape index (κ1) is 18.4. The summed E-state index contributed by atoms with van der Waals surface area (Å²) in [7, 11) is 1.67. The first-order valence-corrected chi connectivity index (χ1v) is 9.39. The Kier molecular flexibility index (Phi) is 4.73. The van der Waals surface area contributed by atoms with Crippen LogP contribution >= 0.6 is 34.5 Å². The van der Waals surface area contributed by atoms with Gasteiger partial charge in [0.05, 0.1) is 16.3 Å². The van der Waals surface area contributed by atoms with E-state index < -0.39 is 15.7 Å². The first-order valence-electron chi connectivity index (χ1n) is 7.82. The van der Waals surface area contributed by atoms with Crippen molar-refractivity contribution in [2.75, 3.05) is 13.7 Å². The number of benzene rings is 1. The van der Waals surface area contributed by atoms with E-state index in [2.05, 4.69) is 4.98 Å². The Hall–Kier alpha value is -1.37. The highest BCUT2D eigenvalue weighted by molar-refractivity contribution is 7.18. The standard InChI is InChI=1S/C17H18Cl2N2O3S/c1-10(14-20-11-6-4-5-7-12(11)25-14)21(3)13(22)8-24-15(23)16(2)9-17(16,18)19/h4-7,10H,8-9H2,1-3H3/t10-,16+/m1/s1. The molecular formula is C17H18Cl2N2O3S. The fourth-order valence-corrected chi connectivity index (χ4v) is 4.21. The lowest BCUT2D eigenvalue weighted by Crippen LogP contribution is -2.34. The smallest absolute Gasteiger partial charge is 0.315 e. The molecule has 1 fully saturated rings. The predicted octanol–water partition coefficient (Wildman–Crippen LogP) is 3.94. The van der Waals surface area contributed by atoms with Crippen molar-refractivity contribution in [1.82, 2.24) is 9.88 Å². The van der Waals surface area contributed by atoms with Crippen molar-refractivity contribution in [3.05, 3.63) is 29.3 Å². The molecule has 0 aliphatic heterocycles. The SMILES string of the molecule is C[C@H](c1nc2ccccc2s1)N(C)C(=O)COC(=O)[C@]1(C)CC1(Cl)Cl. The number of rotatable bonds is 5. The summed E-state index contributed by atoms with van der Waals surface area (Å²) in [4.78, 5) is 30.5. The maximum atomic E-state index is 12.3. The molecule has 25 heavy (non-hydrogen) atoms. The van der Waals surface area contributed by atoms with E-state index in [1.165, 1.54) is 4.90 Å². The van der Waals surface area contributed by atoms with Crippen LogP contribution in [0, 0.1) is 5.41 Å². The molecule has 0 bridgehead atoms. The molecule has 0 N–H and O–H groups in total. The summed E-state index contributed by atoms with van der Waals surface area (Å²) in [6.07, 6.45) is 0.327. The Balaban J connectivity index is 1.61. The normalized spacial score (nSPS) is 22.4. The van der Waals surface area contributed by atoms with Gasteiger partial charge in [-0.1, -0.05) is 12.1 Å². The molecule has 1 aliphatic carbocycles. The summed E-state index contributed by atoms with van der Waals surface area (Å²) in [6.45, 7) is 3.18. The van der Waals surface area contributed by atoms with Crippen LogP contribution in [0.1, 0.15) is 31.3 Å². The van der Waals surface area contributed by atoms with E-state index in [1.54, 1.807) is 25.3 Å². The van der Waals surface area contributed by atoms with Gasteiger partial charge in [-0.2, -0.15) is 0 Å². The van der Waals surface area contributed by atoms with Gasteiger partial charge in [0.2, 0.25) is 0 Å². The summed E-state index contributed by atoms with van der Waals surface area (Å²) in [5.74, 6) is -0.856. The molecule has 3 rings (SSSR count). The molecule has 2 atom stereocenters. The number of amides is 1. The highest BCUT2D eigenvalue weighted by Crippen LogP contribution is 2.64. The van der Waals surface area contributed by atoms with Gasteiger partial charge < -0.3 is 9.64 Å². The third kappa shape index (κ3) is 3.35. The molecule has 0 saturated heterocycles. The second-order valence-corrected chi connectivity index (χ2v) is 9.04. The van der Waals surface area contributed by atoms with Crippen LogP contribution in [0.25, 0.3) is 10.2 Å². The lowest BCUT2D eigenvalue weighted by Gasteiger charge is -2.23. The van der Waals surface area contributed by atoms with Gasteiger partial charge in [-0.15, -0.1) is 34.5 Å². The number of halogens is 2. The van der Waals surface area contributed by atoms with E-state index in [-0.39, 0.29) is 18.6 Å². The lowest BCUT2D eigenvalue weighted by molar-refractivity contribution is -0.156. The number of nitrogens with zero attached hydrogens (tertiary/aromatic N) is 2.